The van der Waals surface area contributed by atoms with Crippen molar-refractivity contribution in [2.75, 3.05) is 25.1 Å². The van der Waals surface area contributed by atoms with E-state index in [-0.39, 0.29) is 0 Å². The van der Waals surface area contributed by atoms with Crippen molar-refractivity contribution in [3.05, 3.63) is 29.8 Å². The molecule has 1 saturated heterocycles. The van der Waals surface area contributed by atoms with E-state index in [0.29, 0.717) is 12.0 Å². The zero-order valence-electron chi connectivity index (χ0n) is 8.44. The first-order chi connectivity index (χ1) is 6.86. The van der Waals surface area contributed by atoms with Gasteiger partial charge < -0.3 is 9.64 Å². The molecule has 1 aromatic rings. The molecule has 2 heteroatoms. The third-order valence-electron chi connectivity index (χ3n) is 3.38. The molecular weight excluding hydrogens is 174 g/mol. The van der Waals surface area contributed by atoms with Gasteiger partial charge in [0.2, 0.25) is 0 Å². The van der Waals surface area contributed by atoms with Gasteiger partial charge in [-0.1, -0.05) is 18.2 Å². The molecule has 2 aliphatic rings. The van der Waals surface area contributed by atoms with Crippen LogP contribution in [0.4, 0.5) is 5.69 Å². The Morgan fingerprint density at radius 3 is 3.14 bits per heavy atom. The van der Waals surface area contributed by atoms with Crippen LogP contribution < -0.4 is 4.90 Å². The maximum atomic E-state index is 5.80. The van der Waals surface area contributed by atoms with Crippen LogP contribution in [0.15, 0.2) is 24.3 Å². The zero-order chi connectivity index (χ0) is 9.54. The van der Waals surface area contributed by atoms with Crippen LogP contribution in [0.5, 0.6) is 0 Å². The van der Waals surface area contributed by atoms with Crippen molar-refractivity contribution >= 4 is 5.69 Å². The van der Waals surface area contributed by atoms with Gasteiger partial charge in [0, 0.05) is 37.4 Å². The van der Waals surface area contributed by atoms with E-state index < -0.39 is 0 Å². The van der Waals surface area contributed by atoms with Gasteiger partial charge in [-0.15, -0.1) is 0 Å². The highest BCUT2D eigenvalue weighted by Gasteiger charge is 2.36. The van der Waals surface area contributed by atoms with Gasteiger partial charge in [0.15, 0.2) is 0 Å². The number of anilines is 1. The van der Waals surface area contributed by atoms with Gasteiger partial charge in [-0.05, 0) is 12.5 Å². The Balaban J connectivity index is 2.09. The number of benzene rings is 1. The highest BCUT2D eigenvalue weighted by molar-refractivity contribution is 5.56. The van der Waals surface area contributed by atoms with Crippen LogP contribution in [0.25, 0.3) is 0 Å². The molecule has 1 fully saturated rings. The summed E-state index contributed by atoms with van der Waals surface area (Å²) >= 11 is 0. The lowest BCUT2D eigenvalue weighted by atomic mass is 9.89. The lowest BCUT2D eigenvalue weighted by molar-refractivity contribution is 0.0891. The molecule has 2 atom stereocenters. The van der Waals surface area contributed by atoms with Crippen LogP contribution in [0.3, 0.4) is 0 Å². The normalized spacial score (nSPS) is 29.9. The number of hydrogen-bond acceptors (Lipinski definition) is 2. The number of para-hydroxylation sites is 1. The van der Waals surface area contributed by atoms with Crippen molar-refractivity contribution in [2.24, 2.45) is 5.92 Å². The largest absolute Gasteiger partial charge is 0.374 e. The Kier molecular flexibility index (Phi) is 1.77. The Labute approximate surface area is 84.5 Å². The van der Waals surface area contributed by atoms with Crippen molar-refractivity contribution < 1.29 is 4.74 Å². The van der Waals surface area contributed by atoms with Gasteiger partial charge in [0.05, 0.1) is 6.10 Å². The molecule has 0 bridgehead atoms. The molecule has 0 radical (unpaired) electrons. The van der Waals surface area contributed by atoms with Crippen LogP contribution in [-0.2, 0) is 4.74 Å². The third kappa shape index (κ3) is 1.07. The highest BCUT2D eigenvalue weighted by Crippen LogP contribution is 2.43. The summed E-state index contributed by atoms with van der Waals surface area (Å²) in [6, 6.07) is 8.60. The predicted molar refractivity (Wildman–Crippen MR) is 56.5 cm³/mol. The molecule has 74 valence electrons. The summed E-state index contributed by atoms with van der Waals surface area (Å²) in [5.41, 5.74) is 2.72. The first kappa shape index (κ1) is 8.30. The van der Waals surface area contributed by atoms with E-state index >= 15 is 0 Å². The van der Waals surface area contributed by atoms with Gasteiger partial charge >= 0.3 is 0 Å². The van der Waals surface area contributed by atoms with Crippen LogP contribution >= 0.6 is 0 Å². The number of fused-ring (bicyclic) bond motifs is 3. The molecular formula is C12H15NO. The van der Waals surface area contributed by atoms with Gasteiger partial charge in [-0.2, -0.15) is 0 Å². The van der Waals surface area contributed by atoms with E-state index in [2.05, 4.69) is 36.2 Å². The molecule has 3 rings (SSSR count). The molecule has 14 heavy (non-hydrogen) atoms. The van der Waals surface area contributed by atoms with Crippen LogP contribution in [0.1, 0.15) is 18.1 Å². The van der Waals surface area contributed by atoms with Crippen molar-refractivity contribution in [2.45, 2.75) is 12.5 Å². The third-order valence-corrected chi connectivity index (χ3v) is 3.38. The summed E-state index contributed by atoms with van der Waals surface area (Å²) in [5, 5.41) is 0. The van der Waals surface area contributed by atoms with Gasteiger partial charge in [-0.3, -0.25) is 0 Å². The number of ether oxygens (including phenoxy) is 1. The minimum atomic E-state index is 0.363. The van der Waals surface area contributed by atoms with Crippen LogP contribution in [0.2, 0.25) is 0 Å². The second-order valence-corrected chi connectivity index (χ2v) is 4.28. The Morgan fingerprint density at radius 2 is 2.21 bits per heavy atom. The lowest BCUT2D eigenvalue weighted by Crippen LogP contribution is -2.33. The fraction of sp³-hybridized carbons (Fsp3) is 0.500. The SMILES string of the molecule is CN1C[C@@H]2CCO[C@H]2c2ccccc21. The molecule has 0 N–H and O–H groups in total. The number of nitrogens with zero attached hydrogens (tertiary/aromatic N) is 1. The molecule has 0 aromatic heterocycles. The minimum absolute atomic E-state index is 0.363. The number of rotatable bonds is 0. The molecule has 2 nitrogen and oxygen atoms in total. The van der Waals surface area contributed by atoms with E-state index in [0.717, 1.165) is 13.2 Å². The number of hydrogen-bond donors (Lipinski definition) is 0. The van der Waals surface area contributed by atoms with Crippen LogP contribution in [-0.4, -0.2) is 20.2 Å². The van der Waals surface area contributed by atoms with Crippen molar-refractivity contribution in [1.82, 2.24) is 0 Å². The van der Waals surface area contributed by atoms with E-state index in [1.807, 2.05) is 0 Å². The quantitative estimate of drug-likeness (QED) is 0.620. The fourth-order valence-electron chi connectivity index (χ4n) is 2.69. The predicted octanol–water partition coefficient (Wildman–Crippen LogP) is 2.21. The van der Waals surface area contributed by atoms with Gasteiger partial charge in [0.1, 0.15) is 0 Å². The molecule has 1 aromatic carbocycles. The summed E-state index contributed by atoms with van der Waals surface area (Å²) in [6.07, 6.45) is 1.57. The van der Waals surface area contributed by atoms with Gasteiger partial charge in [0.25, 0.3) is 0 Å². The van der Waals surface area contributed by atoms with E-state index in [4.69, 9.17) is 4.74 Å². The van der Waals surface area contributed by atoms with E-state index in [9.17, 15) is 0 Å². The lowest BCUT2D eigenvalue weighted by Gasteiger charge is -2.34. The first-order valence-corrected chi connectivity index (χ1v) is 5.28. The average Bonchev–Trinajstić information content (AvgIpc) is 2.66. The highest BCUT2D eigenvalue weighted by atomic mass is 16.5. The molecule has 0 saturated carbocycles. The Morgan fingerprint density at radius 1 is 1.36 bits per heavy atom. The molecule has 2 aliphatic heterocycles. The molecule has 2 heterocycles. The Hall–Kier alpha value is -1.02. The average molecular weight is 189 g/mol. The smallest absolute Gasteiger partial charge is 0.0890 e. The standard InChI is InChI=1S/C12H15NO/c1-13-8-9-6-7-14-12(9)10-4-2-3-5-11(10)13/h2-5,9,12H,6-8H2,1H3/t9-,12+/m0/s1. The molecule has 0 unspecified atom stereocenters. The summed E-state index contributed by atoms with van der Waals surface area (Å²) in [7, 11) is 2.17. The van der Waals surface area contributed by atoms with E-state index in [1.165, 1.54) is 17.7 Å². The van der Waals surface area contributed by atoms with Crippen LogP contribution in [0, 0.1) is 5.92 Å². The molecule has 0 amide bonds. The summed E-state index contributed by atoms with van der Waals surface area (Å²) in [4.78, 5) is 2.35. The van der Waals surface area contributed by atoms with Gasteiger partial charge in [-0.25, -0.2) is 0 Å². The van der Waals surface area contributed by atoms with Crippen molar-refractivity contribution in [3.63, 3.8) is 0 Å². The summed E-state index contributed by atoms with van der Waals surface area (Å²) < 4.78 is 5.80. The zero-order valence-corrected chi connectivity index (χ0v) is 8.44. The van der Waals surface area contributed by atoms with Crippen molar-refractivity contribution in [1.29, 1.82) is 0 Å². The molecule has 0 spiro atoms. The van der Waals surface area contributed by atoms with E-state index in [1.54, 1.807) is 0 Å². The van der Waals surface area contributed by atoms with Crippen molar-refractivity contribution in [3.8, 4) is 0 Å². The second kappa shape index (κ2) is 2.99. The maximum Gasteiger partial charge on any atom is 0.0890 e. The topological polar surface area (TPSA) is 12.5 Å². The molecule has 0 aliphatic carbocycles. The maximum absolute atomic E-state index is 5.80. The second-order valence-electron chi connectivity index (χ2n) is 4.28. The summed E-state index contributed by atoms with van der Waals surface area (Å²) in [6.45, 7) is 2.07. The Bertz CT molecular complexity index is 350. The first-order valence-electron chi connectivity index (χ1n) is 5.28. The fourth-order valence-corrected chi connectivity index (χ4v) is 2.69. The monoisotopic (exact) mass is 189 g/mol. The summed E-state index contributed by atoms with van der Waals surface area (Å²) in [5.74, 6) is 0.704. The minimum Gasteiger partial charge on any atom is -0.374 e.